The Balaban J connectivity index is 3.84. The summed E-state index contributed by atoms with van der Waals surface area (Å²) in [7, 11) is 0. The van der Waals surface area contributed by atoms with Gasteiger partial charge in [-0.25, -0.2) is 0 Å². The molecule has 116 valence electrons. The quantitative estimate of drug-likeness (QED) is 0.342. The van der Waals surface area contributed by atoms with Gasteiger partial charge in [-0.3, -0.25) is 4.79 Å². The predicted molar refractivity (Wildman–Crippen MR) is 81.5 cm³/mol. The molecule has 0 bridgehead atoms. The van der Waals surface area contributed by atoms with Crippen molar-refractivity contribution in [2.45, 2.75) is 32.7 Å². The maximum atomic E-state index is 11.8. The summed E-state index contributed by atoms with van der Waals surface area (Å²) in [5.74, 6) is -0.153. The fourth-order valence-electron chi connectivity index (χ4n) is 1.46. The van der Waals surface area contributed by atoms with Gasteiger partial charge in [-0.2, -0.15) is 0 Å². The van der Waals surface area contributed by atoms with Crippen LogP contribution in [0.2, 0.25) is 0 Å². The van der Waals surface area contributed by atoms with E-state index in [1.54, 1.807) is 12.2 Å². The Morgan fingerprint density at radius 1 is 1.25 bits per heavy atom. The Kier molecular flexibility index (Phi) is 9.98. The Labute approximate surface area is 122 Å². The van der Waals surface area contributed by atoms with Crippen molar-refractivity contribution in [1.82, 2.24) is 5.32 Å². The second-order valence-electron chi connectivity index (χ2n) is 5.13. The van der Waals surface area contributed by atoms with Crippen molar-refractivity contribution in [3.63, 3.8) is 0 Å². The Hall–Kier alpha value is -1.17. The summed E-state index contributed by atoms with van der Waals surface area (Å²) < 4.78 is 10.7. The van der Waals surface area contributed by atoms with Crippen LogP contribution in [0.4, 0.5) is 0 Å². The van der Waals surface area contributed by atoms with Crippen LogP contribution in [0.15, 0.2) is 24.3 Å². The van der Waals surface area contributed by atoms with Gasteiger partial charge in [-0.1, -0.05) is 18.7 Å². The molecule has 5 nitrogen and oxygen atoms in total. The first-order valence-corrected chi connectivity index (χ1v) is 6.92. The minimum absolute atomic E-state index is 0.153. The summed E-state index contributed by atoms with van der Waals surface area (Å²) >= 11 is 0. The molecule has 20 heavy (non-hydrogen) atoms. The zero-order valence-electron chi connectivity index (χ0n) is 12.9. The van der Waals surface area contributed by atoms with Gasteiger partial charge in [0, 0.05) is 24.3 Å². The molecule has 0 heterocycles. The first-order valence-electron chi connectivity index (χ1n) is 6.92. The molecule has 3 N–H and O–H groups in total. The molecule has 0 aromatic rings. The molecule has 1 amide bonds. The van der Waals surface area contributed by atoms with Crippen LogP contribution in [0, 0.1) is 0 Å². The lowest BCUT2D eigenvalue weighted by Crippen LogP contribution is -2.44. The molecule has 0 saturated heterocycles. The van der Waals surface area contributed by atoms with Crippen LogP contribution < -0.4 is 11.1 Å². The normalized spacial score (nSPS) is 11.8. The highest BCUT2D eigenvalue weighted by atomic mass is 16.5. The van der Waals surface area contributed by atoms with Crippen LogP contribution in [0.1, 0.15) is 27.2 Å². The van der Waals surface area contributed by atoms with Crippen molar-refractivity contribution in [2.75, 3.05) is 33.0 Å². The fourth-order valence-corrected chi connectivity index (χ4v) is 1.46. The highest BCUT2D eigenvalue weighted by molar-refractivity contribution is 5.95. The zero-order chi connectivity index (χ0) is 15.4. The van der Waals surface area contributed by atoms with E-state index in [1.807, 2.05) is 20.8 Å². The number of nitrogens with two attached hydrogens (primary N) is 1. The van der Waals surface area contributed by atoms with Crippen molar-refractivity contribution in [3.8, 4) is 0 Å². The summed E-state index contributed by atoms with van der Waals surface area (Å²) in [6.45, 7) is 12.2. The number of amides is 1. The lowest BCUT2D eigenvalue weighted by atomic mass is 10.0. The molecule has 0 aromatic carbocycles. The van der Waals surface area contributed by atoms with Crippen molar-refractivity contribution >= 4 is 5.91 Å². The van der Waals surface area contributed by atoms with E-state index in [0.29, 0.717) is 38.5 Å². The van der Waals surface area contributed by atoms with Crippen molar-refractivity contribution in [2.24, 2.45) is 5.73 Å². The van der Waals surface area contributed by atoms with Crippen molar-refractivity contribution < 1.29 is 14.3 Å². The molecule has 0 atom stereocenters. The maximum absolute atomic E-state index is 11.8. The van der Waals surface area contributed by atoms with Gasteiger partial charge < -0.3 is 20.5 Å². The monoisotopic (exact) mass is 284 g/mol. The third kappa shape index (κ3) is 9.72. The molecule has 0 spiro atoms. The maximum Gasteiger partial charge on any atom is 0.251 e. The van der Waals surface area contributed by atoms with E-state index < -0.39 is 0 Å². The molecule has 0 radical (unpaired) electrons. The van der Waals surface area contributed by atoms with Gasteiger partial charge in [-0.15, -0.1) is 0 Å². The smallest absolute Gasteiger partial charge is 0.251 e. The van der Waals surface area contributed by atoms with Crippen molar-refractivity contribution in [3.05, 3.63) is 24.3 Å². The summed E-state index contributed by atoms with van der Waals surface area (Å²) in [4.78, 5) is 11.8. The highest BCUT2D eigenvalue weighted by Gasteiger charge is 2.20. The van der Waals surface area contributed by atoms with Crippen molar-refractivity contribution in [1.29, 1.82) is 0 Å². The van der Waals surface area contributed by atoms with Gasteiger partial charge in [0.2, 0.25) is 0 Å². The van der Waals surface area contributed by atoms with Gasteiger partial charge in [0.05, 0.1) is 19.8 Å². The molecule has 0 rings (SSSR count). The summed E-state index contributed by atoms with van der Waals surface area (Å²) in [6.07, 6.45) is 4.20. The zero-order valence-corrected chi connectivity index (χ0v) is 12.9. The Morgan fingerprint density at radius 3 is 2.40 bits per heavy atom. The molecule has 0 aliphatic carbocycles. The van der Waals surface area contributed by atoms with Gasteiger partial charge in [0.1, 0.15) is 0 Å². The first-order chi connectivity index (χ1) is 9.43. The standard InChI is InChI=1S/C15H28N2O3/c1-5-6-13(2)14(18)17-15(3,4)7-9-19-11-12-20-10-8-16/h5-6H,2,7-12,16H2,1,3-4H3,(H,17,18)/b6-5-. The molecule has 0 aliphatic heterocycles. The lowest BCUT2D eigenvalue weighted by Gasteiger charge is -2.26. The minimum atomic E-state index is -0.334. The number of carbonyl (C=O) groups is 1. The topological polar surface area (TPSA) is 73.6 Å². The third-order valence-corrected chi connectivity index (χ3v) is 2.62. The molecule has 0 unspecified atom stereocenters. The van der Waals surface area contributed by atoms with E-state index in [9.17, 15) is 4.79 Å². The summed E-state index contributed by atoms with van der Waals surface area (Å²) in [6, 6.07) is 0. The number of nitrogens with one attached hydrogen (secondary N) is 1. The summed E-state index contributed by atoms with van der Waals surface area (Å²) in [5.41, 5.74) is 5.42. The van der Waals surface area contributed by atoms with Gasteiger partial charge in [0.15, 0.2) is 0 Å². The first kappa shape index (κ1) is 18.8. The van der Waals surface area contributed by atoms with E-state index >= 15 is 0 Å². The van der Waals surface area contributed by atoms with Crippen LogP contribution in [0.5, 0.6) is 0 Å². The SMILES string of the molecule is C=C(/C=C\C)C(=O)NC(C)(C)CCOCCOCCN. The number of hydrogen-bond donors (Lipinski definition) is 2. The molecule has 0 fully saturated rings. The number of allylic oxidation sites excluding steroid dienone is 1. The Morgan fingerprint density at radius 2 is 1.85 bits per heavy atom. The number of hydrogen-bond acceptors (Lipinski definition) is 4. The van der Waals surface area contributed by atoms with Gasteiger partial charge >= 0.3 is 0 Å². The van der Waals surface area contributed by atoms with E-state index in [4.69, 9.17) is 15.2 Å². The number of rotatable bonds is 11. The predicted octanol–water partition coefficient (Wildman–Crippen LogP) is 1.40. The molecular weight excluding hydrogens is 256 g/mol. The third-order valence-electron chi connectivity index (χ3n) is 2.62. The highest BCUT2D eigenvalue weighted by Crippen LogP contribution is 2.09. The van der Waals surface area contributed by atoms with Gasteiger partial charge in [0.25, 0.3) is 5.91 Å². The second-order valence-corrected chi connectivity index (χ2v) is 5.13. The van der Waals surface area contributed by atoms with Crippen LogP contribution in [-0.4, -0.2) is 44.4 Å². The van der Waals surface area contributed by atoms with E-state index in [0.717, 1.165) is 6.42 Å². The van der Waals surface area contributed by atoms with Crippen LogP contribution in [0.3, 0.4) is 0 Å². The fraction of sp³-hybridized carbons (Fsp3) is 0.667. The van der Waals surface area contributed by atoms with E-state index in [-0.39, 0.29) is 11.4 Å². The van der Waals surface area contributed by atoms with E-state index in [2.05, 4.69) is 11.9 Å². The second kappa shape index (κ2) is 10.6. The Bertz CT molecular complexity index is 325. The molecule has 0 aliphatic rings. The molecular formula is C15H28N2O3. The molecule has 0 saturated carbocycles. The van der Waals surface area contributed by atoms with Gasteiger partial charge in [-0.05, 0) is 27.2 Å². The molecule has 0 aromatic heterocycles. The average Bonchev–Trinajstić information content (AvgIpc) is 2.37. The minimum Gasteiger partial charge on any atom is -0.379 e. The van der Waals surface area contributed by atoms with Crippen LogP contribution in [-0.2, 0) is 14.3 Å². The lowest BCUT2D eigenvalue weighted by molar-refractivity contribution is -0.118. The van der Waals surface area contributed by atoms with Crippen LogP contribution >= 0.6 is 0 Å². The largest absolute Gasteiger partial charge is 0.379 e. The van der Waals surface area contributed by atoms with Crippen LogP contribution in [0.25, 0.3) is 0 Å². The number of carbonyl (C=O) groups excluding carboxylic acids is 1. The average molecular weight is 284 g/mol. The number of ether oxygens (including phenoxy) is 2. The van der Waals surface area contributed by atoms with E-state index in [1.165, 1.54) is 0 Å². The molecule has 5 heteroatoms. The summed E-state index contributed by atoms with van der Waals surface area (Å²) in [5, 5.41) is 2.93.